The van der Waals surface area contributed by atoms with Crippen molar-refractivity contribution in [1.82, 2.24) is 15.1 Å². The summed E-state index contributed by atoms with van der Waals surface area (Å²) in [6.07, 6.45) is 10.6. The molecule has 134 valence electrons. The lowest BCUT2D eigenvalue weighted by atomic mass is 9.84. The minimum atomic E-state index is -0.204. The van der Waals surface area contributed by atoms with Crippen molar-refractivity contribution in [3.05, 3.63) is 0 Å². The van der Waals surface area contributed by atoms with Gasteiger partial charge in [0.05, 0.1) is 6.10 Å². The van der Waals surface area contributed by atoms with Crippen LogP contribution < -0.4 is 5.32 Å². The number of nitrogens with one attached hydrogen (secondary N) is 1. The van der Waals surface area contributed by atoms with Crippen LogP contribution in [0, 0.1) is 5.92 Å². The number of aliphatic hydroxyl groups excluding tert-OH is 1. The van der Waals surface area contributed by atoms with Crippen molar-refractivity contribution in [2.75, 3.05) is 39.3 Å². The monoisotopic (exact) mass is 323 g/mol. The maximum absolute atomic E-state index is 10.2. The van der Waals surface area contributed by atoms with E-state index >= 15 is 0 Å². The zero-order valence-corrected chi connectivity index (χ0v) is 15.1. The average molecular weight is 324 g/mol. The number of hydrogen-bond donors (Lipinski definition) is 2. The Morgan fingerprint density at radius 2 is 1.65 bits per heavy atom. The van der Waals surface area contributed by atoms with E-state index in [1.54, 1.807) is 0 Å². The molecular weight excluding hydrogens is 286 g/mol. The zero-order valence-electron chi connectivity index (χ0n) is 15.1. The van der Waals surface area contributed by atoms with E-state index in [1.165, 1.54) is 77.5 Å². The van der Waals surface area contributed by atoms with Gasteiger partial charge in [0.2, 0.25) is 0 Å². The third-order valence-corrected chi connectivity index (χ3v) is 6.37. The molecule has 4 nitrogen and oxygen atoms in total. The minimum Gasteiger partial charge on any atom is -0.390 e. The molecule has 2 heterocycles. The van der Waals surface area contributed by atoms with Gasteiger partial charge in [-0.25, -0.2) is 0 Å². The molecule has 4 heteroatoms. The summed E-state index contributed by atoms with van der Waals surface area (Å²) in [6, 6.07) is 1.45. The fourth-order valence-corrected chi connectivity index (χ4v) is 4.90. The van der Waals surface area contributed by atoms with Crippen LogP contribution in [0.3, 0.4) is 0 Å². The van der Waals surface area contributed by atoms with Crippen molar-refractivity contribution in [3.8, 4) is 0 Å². The Labute approximate surface area is 142 Å². The maximum atomic E-state index is 10.2. The van der Waals surface area contributed by atoms with E-state index in [2.05, 4.69) is 22.0 Å². The standard InChI is InChI=1S/C19H37N3O/c1-16-6-2-3-7-19(16)22-12-8-17(9-13-22)20-14-18(23)15-21-10-4-5-11-21/h16-20,23H,2-15H2,1H3. The normalized spacial score (nSPS) is 33.1. The van der Waals surface area contributed by atoms with Crippen molar-refractivity contribution >= 4 is 0 Å². The van der Waals surface area contributed by atoms with Crippen molar-refractivity contribution in [2.24, 2.45) is 5.92 Å². The SMILES string of the molecule is CC1CCCCC1N1CCC(NCC(O)CN2CCCC2)CC1. The van der Waals surface area contributed by atoms with E-state index in [0.717, 1.165) is 25.0 Å². The highest BCUT2D eigenvalue weighted by atomic mass is 16.3. The first kappa shape index (κ1) is 17.7. The Morgan fingerprint density at radius 3 is 2.35 bits per heavy atom. The highest BCUT2D eigenvalue weighted by Crippen LogP contribution is 2.29. The zero-order chi connectivity index (χ0) is 16.1. The highest BCUT2D eigenvalue weighted by Gasteiger charge is 2.30. The number of β-amino-alcohol motifs (C(OH)–C–C–N with tert-alkyl or cyclic N) is 1. The molecule has 2 saturated heterocycles. The lowest BCUT2D eigenvalue weighted by molar-refractivity contribution is 0.0750. The van der Waals surface area contributed by atoms with E-state index in [0.29, 0.717) is 6.04 Å². The van der Waals surface area contributed by atoms with Gasteiger partial charge in [-0.3, -0.25) is 0 Å². The molecule has 3 aliphatic rings. The van der Waals surface area contributed by atoms with E-state index in [1.807, 2.05) is 0 Å². The van der Waals surface area contributed by atoms with Crippen LogP contribution in [-0.2, 0) is 0 Å². The fraction of sp³-hybridized carbons (Fsp3) is 1.00. The Morgan fingerprint density at radius 1 is 0.957 bits per heavy atom. The summed E-state index contributed by atoms with van der Waals surface area (Å²) >= 11 is 0. The first-order chi connectivity index (χ1) is 11.2. The summed E-state index contributed by atoms with van der Waals surface area (Å²) in [4.78, 5) is 5.15. The van der Waals surface area contributed by atoms with Crippen LogP contribution in [0.4, 0.5) is 0 Å². The Kier molecular flexibility index (Phi) is 6.75. The summed E-state index contributed by atoms with van der Waals surface area (Å²) in [5.41, 5.74) is 0. The summed E-state index contributed by atoms with van der Waals surface area (Å²) in [5, 5.41) is 13.8. The molecule has 0 aromatic heterocycles. The predicted octanol–water partition coefficient (Wildman–Crippen LogP) is 2.08. The molecular formula is C19H37N3O. The van der Waals surface area contributed by atoms with Gasteiger partial charge in [-0.1, -0.05) is 19.8 Å². The molecule has 0 bridgehead atoms. The first-order valence-corrected chi connectivity index (χ1v) is 10.1. The van der Waals surface area contributed by atoms with E-state index in [-0.39, 0.29) is 6.10 Å². The molecule has 2 aliphatic heterocycles. The highest BCUT2D eigenvalue weighted by molar-refractivity contribution is 4.86. The lowest BCUT2D eigenvalue weighted by Crippen LogP contribution is -2.50. The maximum Gasteiger partial charge on any atom is 0.0791 e. The molecule has 3 atom stereocenters. The quantitative estimate of drug-likeness (QED) is 0.785. The molecule has 0 aromatic rings. The van der Waals surface area contributed by atoms with Gasteiger partial charge in [0.25, 0.3) is 0 Å². The largest absolute Gasteiger partial charge is 0.390 e. The summed E-state index contributed by atoms with van der Waals surface area (Å²) in [5.74, 6) is 0.885. The van der Waals surface area contributed by atoms with Crippen LogP contribution >= 0.6 is 0 Å². The van der Waals surface area contributed by atoms with Gasteiger partial charge in [0.15, 0.2) is 0 Å². The van der Waals surface area contributed by atoms with Crippen molar-refractivity contribution < 1.29 is 5.11 Å². The molecule has 0 radical (unpaired) electrons. The first-order valence-electron chi connectivity index (χ1n) is 10.1. The second kappa shape index (κ2) is 8.80. The Bertz CT molecular complexity index is 338. The average Bonchev–Trinajstić information content (AvgIpc) is 3.07. The third-order valence-electron chi connectivity index (χ3n) is 6.37. The van der Waals surface area contributed by atoms with E-state index in [4.69, 9.17) is 0 Å². The molecule has 0 spiro atoms. The number of rotatable bonds is 6. The summed E-state index contributed by atoms with van der Waals surface area (Å²) in [7, 11) is 0. The van der Waals surface area contributed by atoms with Gasteiger partial charge >= 0.3 is 0 Å². The topological polar surface area (TPSA) is 38.7 Å². The molecule has 1 aliphatic carbocycles. The van der Waals surface area contributed by atoms with Crippen LogP contribution in [-0.4, -0.2) is 72.4 Å². The van der Waals surface area contributed by atoms with Crippen LogP contribution in [0.1, 0.15) is 58.3 Å². The van der Waals surface area contributed by atoms with Gasteiger partial charge in [0, 0.05) is 25.2 Å². The smallest absolute Gasteiger partial charge is 0.0791 e. The molecule has 3 unspecified atom stereocenters. The molecule has 1 saturated carbocycles. The second-order valence-corrected chi connectivity index (χ2v) is 8.21. The van der Waals surface area contributed by atoms with Gasteiger partial charge in [0.1, 0.15) is 0 Å². The fourth-order valence-electron chi connectivity index (χ4n) is 4.90. The van der Waals surface area contributed by atoms with E-state index in [9.17, 15) is 5.11 Å². The van der Waals surface area contributed by atoms with Gasteiger partial charge in [-0.15, -0.1) is 0 Å². The molecule has 2 N–H and O–H groups in total. The minimum absolute atomic E-state index is 0.204. The van der Waals surface area contributed by atoms with Crippen LogP contribution in [0.5, 0.6) is 0 Å². The predicted molar refractivity (Wildman–Crippen MR) is 95.7 cm³/mol. The molecule has 3 rings (SSSR count). The van der Waals surface area contributed by atoms with Crippen molar-refractivity contribution in [1.29, 1.82) is 0 Å². The molecule has 0 aromatic carbocycles. The van der Waals surface area contributed by atoms with Crippen LogP contribution in [0.2, 0.25) is 0 Å². The summed E-state index contributed by atoms with van der Waals surface area (Å²) in [6.45, 7) is 8.91. The number of aliphatic hydroxyl groups is 1. The Hall–Kier alpha value is -0.160. The number of hydrogen-bond acceptors (Lipinski definition) is 4. The van der Waals surface area contributed by atoms with Gasteiger partial charge in [-0.2, -0.15) is 0 Å². The molecule has 3 fully saturated rings. The van der Waals surface area contributed by atoms with Crippen LogP contribution in [0.15, 0.2) is 0 Å². The van der Waals surface area contributed by atoms with Gasteiger partial charge in [-0.05, 0) is 70.6 Å². The van der Waals surface area contributed by atoms with Crippen LogP contribution in [0.25, 0.3) is 0 Å². The molecule has 0 amide bonds. The van der Waals surface area contributed by atoms with E-state index < -0.39 is 0 Å². The number of likely N-dealkylation sites (tertiary alicyclic amines) is 2. The molecule has 23 heavy (non-hydrogen) atoms. The number of nitrogens with zero attached hydrogens (tertiary/aromatic N) is 2. The Balaban J connectivity index is 1.32. The number of piperidine rings is 1. The lowest BCUT2D eigenvalue weighted by Gasteiger charge is -2.42. The van der Waals surface area contributed by atoms with Crippen molar-refractivity contribution in [2.45, 2.75) is 76.5 Å². The van der Waals surface area contributed by atoms with Gasteiger partial charge < -0.3 is 20.2 Å². The summed E-state index contributed by atoms with van der Waals surface area (Å²) < 4.78 is 0. The second-order valence-electron chi connectivity index (χ2n) is 8.21. The van der Waals surface area contributed by atoms with Crippen molar-refractivity contribution in [3.63, 3.8) is 0 Å². The third kappa shape index (κ3) is 5.15.